The summed E-state index contributed by atoms with van der Waals surface area (Å²) in [6.07, 6.45) is 8.55. The van der Waals surface area contributed by atoms with Crippen LogP contribution < -0.4 is 0 Å². The monoisotopic (exact) mass is 652 g/mol. The number of hydrogen-bond donors (Lipinski definition) is 0. The topological polar surface area (TPSA) is 35.6 Å². The van der Waals surface area contributed by atoms with E-state index >= 15 is 0 Å². The maximum atomic E-state index is 4.38. The maximum absolute atomic E-state index is 4.38. The minimum atomic E-state index is 0.893. The number of aromatic nitrogens is 4. The van der Waals surface area contributed by atoms with Gasteiger partial charge in [-0.3, -0.25) is 9.97 Å². The SMILES string of the molecule is c1ccc2c(c1)c1cnccc1n2-c1ccc(-c2ccc(Cc3ccc(-c4ccc(-n5c6ccccc6c6cnccc65)cc4)cc3)cc2)cc1. The van der Waals surface area contributed by atoms with E-state index in [9.17, 15) is 0 Å². The van der Waals surface area contributed by atoms with Gasteiger partial charge in [0.05, 0.1) is 22.1 Å². The van der Waals surface area contributed by atoms with Gasteiger partial charge in [0.1, 0.15) is 0 Å². The zero-order chi connectivity index (χ0) is 33.7. The summed E-state index contributed by atoms with van der Waals surface area (Å²) in [4.78, 5) is 8.76. The largest absolute Gasteiger partial charge is 0.309 e. The third-order valence-corrected chi connectivity index (χ3v) is 10.2. The smallest absolute Gasteiger partial charge is 0.0571 e. The molecule has 0 spiro atoms. The second-order valence-corrected chi connectivity index (χ2v) is 13.2. The molecule has 0 radical (unpaired) electrons. The van der Waals surface area contributed by atoms with Crippen molar-refractivity contribution in [2.45, 2.75) is 6.42 Å². The highest BCUT2D eigenvalue weighted by atomic mass is 15.0. The molecule has 4 heteroatoms. The summed E-state index contributed by atoms with van der Waals surface area (Å²) in [5, 5.41) is 4.79. The lowest BCUT2D eigenvalue weighted by Crippen LogP contribution is -1.94. The van der Waals surface area contributed by atoms with Crippen molar-refractivity contribution in [2.24, 2.45) is 0 Å². The molecule has 0 saturated heterocycles. The predicted molar refractivity (Wildman–Crippen MR) is 211 cm³/mol. The average Bonchev–Trinajstić information content (AvgIpc) is 3.72. The minimum absolute atomic E-state index is 0.893. The van der Waals surface area contributed by atoms with Crippen molar-refractivity contribution in [1.29, 1.82) is 0 Å². The number of benzene rings is 6. The van der Waals surface area contributed by atoms with Crippen molar-refractivity contribution in [3.8, 4) is 33.6 Å². The number of nitrogens with zero attached hydrogens (tertiary/aromatic N) is 4. The zero-order valence-corrected chi connectivity index (χ0v) is 27.8. The maximum Gasteiger partial charge on any atom is 0.0571 e. The molecule has 0 saturated carbocycles. The fourth-order valence-corrected chi connectivity index (χ4v) is 7.66. The van der Waals surface area contributed by atoms with Gasteiger partial charge in [-0.15, -0.1) is 0 Å². The molecular weight excluding hydrogens is 621 g/mol. The van der Waals surface area contributed by atoms with Crippen molar-refractivity contribution in [3.63, 3.8) is 0 Å². The van der Waals surface area contributed by atoms with Crippen LogP contribution in [0.3, 0.4) is 0 Å². The fourth-order valence-electron chi connectivity index (χ4n) is 7.66. The van der Waals surface area contributed by atoms with Crippen LogP contribution in [0.15, 0.2) is 183 Å². The Morgan fingerprint density at radius 3 is 1.10 bits per heavy atom. The van der Waals surface area contributed by atoms with E-state index in [-0.39, 0.29) is 0 Å². The van der Waals surface area contributed by atoms with Crippen LogP contribution in [0.4, 0.5) is 0 Å². The Morgan fingerprint density at radius 1 is 0.333 bits per heavy atom. The van der Waals surface area contributed by atoms with Gasteiger partial charge < -0.3 is 9.13 Å². The number of rotatable bonds is 6. The standard InChI is InChI=1S/C47H32N4/c1-3-7-44-40(5-1)42-30-48-27-25-46(42)50(44)38-21-17-36(18-22-38)34-13-9-32(10-14-34)29-33-11-15-35(16-12-33)37-19-23-39(24-20-37)51-45-8-4-2-6-41(45)43-31-49-28-26-47(43)51/h1-28,30-31H,29H2. The number of fused-ring (bicyclic) bond motifs is 6. The minimum Gasteiger partial charge on any atom is -0.309 e. The van der Waals surface area contributed by atoms with Crippen molar-refractivity contribution >= 4 is 43.6 Å². The fraction of sp³-hybridized carbons (Fsp3) is 0.0213. The normalized spacial score (nSPS) is 11.6. The molecule has 4 heterocycles. The summed E-state index contributed by atoms with van der Waals surface area (Å²) >= 11 is 0. The molecule has 51 heavy (non-hydrogen) atoms. The number of para-hydroxylation sites is 2. The lowest BCUT2D eigenvalue weighted by Gasteiger charge is -2.10. The first-order chi connectivity index (χ1) is 25.3. The molecule has 10 rings (SSSR count). The highest BCUT2D eigenvalue weighted by Crippen LogP contribution is 2.34. The van der Waals surface area contributed by atoms with Crippen LogP contribution in [-0.2, 0) is 6.42 Å². The lowest BCUT2D eigenvalue weighted by atomic mass is 9.98. The van der Waals surface area contributed by atoms with Crippen molar-refractivity contribution in [2.75, 3.05) is 0 Å². The molecule has 240 valence electrons. The van der Waals surface area contributed by atoms with Crippen molar-refractivity contribution in [1.82, 2.24) is 19.1 Å². The van der Waals surface area contributed by atoms with Crippen LogP contribution in [0.1, 0.15) is 11.1 Å². The van der Waals surface area contributed by atoms with E-state index < -0.39 is 0 Å². The van der Waals surface area contributed by atoms with Crippen LogP contribution in [0.5, 0.6) is 0 Å². The molecule has 4 nitrogen and oxygen atoms in total. The first-order valence-corrected chi connectivity index (χ1v) is 17.3. The zero-order valence-electron chi connectivity index (χ0n) is 27.8. The van der Waals surface area contributed by atoms with E-state index in [0.29, 0.717) is 0 Å². The molecule has 0 atom stereocenters. The molecule has 6 aromatic carbocycles. The summed E-state index contributed by atoms with van der Waals surface area (Å²) in [6.45, 7) is 0. The molecule has 0 aliphatic carbocycles. The van der Waals surface area contributed by atoms with Crippen LogP contribution in [0.2, 0.25) is 0 Å². The molecule has 10 aromatic rings. The molecule has 0 amide bonds. The molecule has 0 aliphatic heterocycles. The van der Waals surface area contributed by atoms with Gasteiger partial charge in [-0.05, 0) is 88.3 Å². The first kappa shape index (κ1) is 29.2. The lowest BCUT2D eigenvalue weighted by molar-refractivity contribution is 1.17. The molecule has 0 N–H and O–H groups in total. The Kier molecular flexibility index (Phi) is 6.85. The van der Waals surface area contributed by atoms with Crippen LogP contribution in [0, 0.1) is 0 Å². The third kappa shape index (κ3) is 5.00. The Labute approximate surface area is 295 Å². The van der Waals surface area contributed by atoms with Crippen molar-refractivity contribution in [3.05, 3.63) is 194 Å². The number of pyridine rings is 2. The molecule has 0 bridgehead atoms. The van der Waals surface area contributed by atoms with E-state index in [1.165, 1.54) is 77.0 Å². The van der Waals surface area contributed by atoms with Gasteiger partial charge in [-0.1, -0.05) is 109 Å². The van der Waals surface area contributed by atoms with E-state index in [1.807, 2.05) is 24.8 Å². The molecular formula is C47H32N4. The van der Waals surface area contributed by atoms with E-state index in [1.54, 1.807) is 0 Å². The average molecular weight is 653 g/mol. The summed E-state index contributed by atoms with van der Waals surface area (Å²) < 4.78 is 4.65. The van der Waals surface area contributed by atoms with Gasteiger partial charge in [0.2, 0.25) is 0 Å². The summed E-state index contributed by atoms with van der Waals surface area (Å²) in [5.74, 6) is 0. The predicted octanol–water partition coefficient (Wildman–Crippen LogP) is 11.6. The number of hydrogen-bond acceptors (Lipinski definition) is 2. The van der Waals surface area contributed by atoms with Crippen LogP contribution in [-0.4, -0.2) is 19.1 Å². The molecule has 0 aliphatic rings. The highest BCUT2D eigenvalue weighted by molar-refractivity contribution is 6.09. The van der Waals surface area contributed by atoms with Crippen LogP contribution >= 0.6 is 0 Å². The Balaban J connectivity index is 0.853. The Morgan fingerprint density at radius 2 is 0.686 bits per heavy atom. The Hall–Kier alpha value is -6.78. The molecule has 0 unspecified atom stereocenters. The molecule has 0 fully saturated rings. The van der Waals surface area contributed by atoms with Gasteiger partial charge in [-0.25, -0.2) is 0 Å². The second kappa shape index (κ2) is 12.0. The van der Waals surface area contributed by atoms with Crippen LogP contribution in [0.25, 0.3) is 77.2 Å². The first-order valence-electron chi connectivity index (χ1n) is 17.3. The van der Waals surface area contributed by atoms with E-state index in [0.717, 1.165) is 17.8 Å². The summed E-state index contributed by atoms with van der Waals surface area (Å²) in [7, 11) is 0. The van der Waals surface area contributed by atoms with Gasteiger partial charge in [0, 0.05) is 57.7 Å². The van der Waals surface area contributed by atoms with Gasteiger partial charge in [0.15, 0.2) is 0 Å². The van der Waals surface area contributed by atoms with Gasteiger partial charge in [-0.2, -0.15) is 0 Å². The highest BCUT2D eigenvalue weighted by Gasteiger charge is 2.13. The van der Waals surface area contributed by atoms with E-state index in [2.05, 4.69) is 177 Å². The second-order valence-electron chi connectivity index (χ2n) is 13.2. The van der Waals surface area contributed by atoms with Gasteiger partial charge >= 0.3 is 0 Å². The third-order valence-electron chi connectivity index (χ3n) is 10.2. The van der Waals surface area contributed by atoms with Crippen molar-refractivity contribution < 1.29 is 0 Å². The van der Waals surface area contributed by atoms with E-state index in [4.69, 9.17) is 0 Å². The Bertz CT molecular complexity index is 2540. The quantitative estimate of drug-likeness (QED) is 0.179. The van der Waals surface area contributed by atoms with Gasteiger partial charge in [0.25, 0.3) is 0 Å². The summed E-state index contributed by atoms with van der Waals surface area (Å²) in [6, 6.07) is 57.0. The molecule has 4 aromatic heterocycles. The summed E-state index contributed by atoms with van der Waals surface area (Å²) in [5.41, 5.74) is 14.5.